The van der Waals surface area contributed by atoms with Gasteiger partial charge in [0, 0.05) is 12.6 Å². The molecular weight excluding hydrogens is 184 g/mol. The Kier molecular flexibility index (Phi) is 3.41. The number of hydrogen-bond acceptors (Lipinski definition) is 4. The van der Waals surface area contributed by atoms with Gasteiger partial charge >= 0.3 is 0 Å². The molecule has 2 N–H and O–H groups in total. The summed E-state index contributed by atoms with van der Waals surface area (Å²) in [7, 11) is 0. The van der Waals surface area contributed by atoms with E-state index in [1.807, 2.05) is 0 Å². The molecule has 5 nitrogen and oxygen atoms in total. The van der Waals surface area contributed by atoms with Crippen molar-refractivity contribution in [2.45, 2.75) is 0 Å². The number of aliphatic hydroxyl groups is 1. The fourth-order valence-corrected chi connectivity index (χ4v) is 1.12. The molecule has 0 spiro atoms. The van der Waals surface area contributed by atoms with Crippen molar-refractivity contribution in [1.29, 1.82) is 0 Å². The monoisotopic (exact) mass is 195 g/mol. The quantitative estimate of drug-likeness (QED) is 0.558. The van der Waals surface area contributed by atoms with E-state index in [4.69, 9.17) is 5.11 Å². The lowest BCUT2D eigenvalue weighted by Gasteiger charge is -2.07. The van der Waals surface area contributed by atoms with E-state index in [0.29, 0.717) is 11.3 Å². The minimum Gasteiger partial charge on any atom is -0.395 e. The summed E-state index contributed by atoms with van der Waals surface area (Å²) in [5.74, 6) is 0. The topological polar surface area (TPSA) is 75.4 Å². The Morgan fingerprint density at radius 1 is 1.57 bits per heavy atom. The minimum absolute atomic E-state index is 0.0223. The maximum absolute atomic E-state index is 10.6. The Morgan fingerprint density at radius 2 is 2.29 bits per heavy atom. The molecule has 0 aliphatic carbocycles. The molecule has 0 saturated carbocycles. The third-order valence-corrected chi connectivity index (χ3v) is 1.74. The number of nitrogens with zero attached hydrogens (tertiary/aromatic N) is 1. The van der Waals surface area contributed by atoms with Gasteiger partial charge in [-0.2, -0.15) is 0 Å². The summed E-state index contributed by atoms with van der Waals surface area (Å²) in [6.07, 6.45) is 0. The molecule has 0 amide bonds. The van der Waals surface area contributed by atoms with Gasteiger partial charge in [0.05, 0.1) is 11.5 Å². The second-order valence-corrected chi connectivity index (χ2v) is 2.72. The van der Waals surface area contributed by atoms with Gasteiger partial charge in [0.1, 0.15) is 5.69 Å². The van der Waals surface area contributed by atoms with E-state index in [0.717, 1.165) is 0 Å². The number of benzene rings is 1. The molecule has 0 aliphatic heterocycles. The van der Waals surface area contributed by atoms with Gasteiger partial charge in [-0.05, 0) is 12.5 Å². The normalized spacial score (nSPS) is 9.86. The third kappa shape index (κ3) is 2.20. The van der Waals surface area contributed by atoms with Crippen LogP contribution in [0.4, 0.5) is 11.4 Å². The van der Waals surface area contributed by atoms with Crippen LogP contribution in [-0.4, -0.2) is 23.2 Å². The summed E-state index contributed by atoms with van der Waals surface area (Å²) < 4.78 is 0. The Bertz CT molecular complexity index is 339. The lowest BCUT2D eigenvalue weighted by molar-refractivity contribution is -0.384. The van der Waals surface area contributed by atoms with Crippen LogP contribution in [0.1, 0.15) is 5.56 Å². The zero-order valence-electron chi connectivity index (χ0n) is 7.56. The SMILES string of the molecule is [CH2]c1cccc([N+](=O)[O-])c1NCCO. The number of anilines is 1. The van der Waals surface area contributed by atoms with Gasteiger partial charge in [-0.25, -0.2) is 0 Å². The van der Waals surface area contributed by atoms with Crippen molar-refractivity contribution in [3.63, 3.8) is 0 Å². The molecule has 14 heavy (non-hydrogen) atoms. The number of para-hydroxylation sites is 1. The average molecular weight is 195 g/mol. The molecular formula is C9H11N2O3. The van der Waals surface area contributed by atoms with Crippen LogP contribution < -0.4 is 5.32 Å². The number of nitro benzene ring substituents is 1. The second kappa shape index (κ2) is 4.57. The first kappa shape index (κ1) is 10.5. The highest BCUT2D eigenvalue weighted by atomic mass is 16.6. The van der Waals surface area contributed by atoms with Gasteiger partial charge < -0.3 is 10.4 Å². The van der Waals surface area contributed by atoms with Crippen molar-refractivity contribution >= 4 is 11.4 Å². The van der Waals surface area contributed by atoms with Crippen molar-refractivity contribution in [1.82, 2.24) is 0 Å². The van der Waals surface area contributed by atoms with Crippen LogP contribution in [0.15, 0.2) is 18.2 Å². The van der Waals surface area contributed by atoms with Gasteiger partial charge in [0.2, 0.25) is 0 Å². The van der Waals surface area contributed by atoms with Gasteiger partial charge in [-0.1, -0.05) is 12.1 Å². The molecule has 0 saturated heterocycles. The number of rotatable bonds is 4. The Labute approximate surface area is 81.5 Å². The van der Waals surface area contributed by atoms with Gasteiger partial charge in [-0.3, -0.25) is 10.1 Å². The van der Waals surface area contributed by atoms with Crippen LogP contribution in [0.25, 0.3) is 0 Å². The van der Waals surface area contributed by atoms with E-state index < -0.39 is 4.92 Å². The molecule has 0 bridgehead atoms. The zero-order chi connectivity index (χ0) is 10.6. The summed E-state index contributed by atoms with van der Waals surface area (Å²) >= 11 is 0. The first-order chi connectivity index (χ1) is 6.66. The highest BCUT2D eigenvalue weighted by Gasteiger charge is 2.14. The Morgan fingerprint density at radius 3 is 2.86 bits per heavy atom. The third-order valence-electron chi connectivity index (χ3n) is 1.74. The molecule has 1 rings (SSSR count). The summed E-state index contributed by atoms with van der Waals surface area (Å²) in [6.45, 7) is 3.86. The van der Waals surface area contributed by atoms with Crippen molar-refractivity contribution in [3.8, 4) is 0 Å². The number of aliphatic hydroxyl groups excluding tert-OH is 1. The summed E-state index contributed by atoms with van der Waals surface area (Å²) in [6, 6.07) is 4.64. The first-order valence-corrected chi connectivity index (χ1v) is 4.11. The highest BCUT2D eigenvalue weighted by molar-refractivity contribution is 5.67. The van der Waals surface area contributed by atoms with E-state index >= 15 is 0 Å². The van der Waals surface area contributed by atoms with Crippen LogP contribution in [0.2, 0.25) is 0 Å². The van der Waals surface area contributed by atoms with Crippen molar-refractivity contribution < 1.29 is 10.0 Å². The fourth-order valence-electron chi connectivity index (χ4n) is 1.12. The lowest BCUT2D eigenvalue weighted by Crippen LogP contribution is -2.08. The zero-order valence-corrected chi connectivity index (χ0v) is 7.56. The number of hydrogen-bond donors (Lipinski definition) is 2. The van der Waals surface area contributed by atoms with Crippen LogP contribution in [0, 0.1) is 17.0 Å². The molecule has 0 aromatic heterocycles. The minimum atomic E-state index is -0.478. The first-order valence-electron chi connectivity index (χ1n) is 4.11. The van der Waals surface area contributed by atoms with E-state index in [9.17, 15) is 10.1 Å². The number of nitrogens with one attached hydrogen (secondary N) is 1. The average Bonchev–Trinajstić information content (AvgIpc) is 2.15. The molecule has 1 radical (unpaired) electrons. The standard InChI is InChI=1S/C9H11N2O3/c1-7-3-2-4-8(11(13)14)9(7)10-5-6-12/h2-4,10,12H,1,5-6H2. The second-order valence-electron chi connectivity index (χ2n) is 2.72. The molecule has 0 unspecified atom stereocenters. The molecule has 0 fully saturated rings. The van der Waals surface area contributed by atoms with Gasteiger partial charge in [0.15, 0.2) is 0 Å². The molecule has 75 valence electrons. The van der Waals surface area contributed by atoms with Crippen molar-refractivity contribution in [3.05, 3.63) is 40.8 Å². The Hall–Kier alpha value is -1.62. The van der Waals surface area contributed by atoms with E-state index in [-0.39, 0.29) is 18.8 Å². The number of nitro groups is 1. The predicted octanol–water partition coefficient (Wildman–Crippen LogP) is 1.18. The lowest BCUT2D eigenvalue weighted by atomic mass is 10.1. The van der Waals surface area contributed by atoms with E-state index in [1.165, 1.54) is 6.07 Å². The smallest absolute Gasteiger partial charge is 0.292 e. The van der Waals surface area contributed by atoms with Gasteiger partial charge in [0.25, 0.3) is 5.69 Å². The molecule has 1 aromatic rings. The maximum atomic E-state index is 10.6. The molecule has 0 atom stereocenters. The van der Waals surface area contributed by atoms with E-state index in [2.05, 4.69) is 12.2 Å². The summed E-state index contributed by atoms with van der Waals surface area (Å²) in [5, 5.41) is 22.0. The van der Waals surface area contributed by atoms with Gasteiger partial charge in [-0.15, -0.1) is 0 Å². The highest BCUT2D eigenvalue weighted by Crippen LogP contribution is 2.26. The van der Waals surface area contributed by atoms with E-state index in [1.54, 1.807) is 12.1 Å². The van der Waals surface area contributed by atoms with Crippen LogP contribution in [-0.2, 0) is 0 Å². The molecule has 1 aromatic carbocycles. The Balaban J connectivity index is 3.02. The summed E-state index contributed by atoms with van der Waals surface area (Å²) in [4.78, 5) is 10.1. The molecule has 0 aliphatic rings. The van der Waals surface area contributed by atoms with Crippen LogP contribution in [0.3, 0.4) is 0 Å². The molecule has 5 heteroatoms. The molecule has 0 heterocycles. The largest absolute Gasteiger partial charge is 0.395 e. The van der Waals surface area contributed by atoms with Crippen LogP contribution >= 0.6 is 0 Å². The van der Waals surface area contributed by atoms with Crippen molar-refractivity contribution in [2.75, 3.05) is 18.5 Å². The van der Waals surface area contributed by atoms with Crippen molar-refractivity contribution in [2.24, 2.45) is 0 Å². The summed E-state index contributed by atoms with van der Waals surface area (Å²) in [5.41, 5.74) is 0.894. The fraction of sp³-hybridized carbons (Fsp3) is 0.222. The maximum Gasteiger partial charge on any atom is 0.292 e. The predicted molar refractivity (Wildman–Crippen MR) is 53.1 cm³/mol. The van der Waals surface area contributed by atoms with Crippen LogP contribution in [0.5, 0.6) is 0 Å².